The molecule has 3 aromatic rings. The lowest BCUT2D eigenvalue weighted by Gasteiger charge is -2.21. The van der Waals surface area contributed by atoms with Crippen LogP contribution in [0.2, 0.25) is 5.02 Å². The minimum absolute atomic E-state index is 0.0126. The third-order valence-electron chi connectivity index (χ3n) is 4.59. The number of benzene rings is 1. The second-order valence-electron chi connectivity index (χ2n) is 6.44. The molecule has 1 N–H and O–H groups in total. The maximum Gasteiger partial charge on any atom is 0.241 e. The van der Waals surface area contributed by atoms with E-state index >= 15 is 0 Å². The summed E-state index contributed by atoms with van der Waals surface area (Å²) < 4.78 is 10.6. The average molecular weight is 387 g/mol. The molecule has 1 aliphatic rings. The fourth-order valence-corrected chi connectivity index (χ4v) is 3.35. The molecule has 0 aliphatic carbocycles. The molecule has 140 valence electrons. The molecule has 7 nitrogen and oxygen atoms in total. The van der Waals surface area contributed by atoms with Crippen LogP contribution in [0.4, 0.5) is 0 Å². The van der Waals surface area contributed by atoms with E-state index in [1.807, 2.05) is 18.2 Å². The molecule has 0 bridgehead atoms. The van der Waals surface area contributed by atoms with Gasteiger partial charge in [0.1, 0.15) is 5.76 Å². The van der Waals surface area contributed by atoms with E-state index in [2.05, 4.69) is 20.4 Å². The van der Waals surface area contributed by atoms with Crippen molar-refractivity contribution in [1.82, 2.24) is 20.4 Å². The second kappa shape index (κ2) is 7.94. The Bertz CT molecular complexity index is 892. The average Bonchev–Trinajstić information content (AvgIpc) is 3.43. The zero-order chi connectivity index (χ0) is 18.6. The molecular weight excluding hydrogens is 368 g/mol. The van der Waals surface area contributed by atoms with E-state index in [1.54, 1.807) is 24.5 Å². The molecule has 1 aliphatic heterocycles. The van der Waals surface area contributed by atoms with E-state index in [1.165, 1.54) is 0 Å². The van der Waals surface area contributed by atoms with E-state index in [4.69, 9.17) is 20.5 Å². The highest BCUT2D eigenvalue weighted by atomic mass is 35.5. The first-order chi connectivity index (χ1) is 13.2. The number of nitrogens with zero attached hydrogens (tertiary/aromatic N) is 3. The van der Waals surface area contributed by atoms with Crippen molar-refractivity contribution in [2.24, 2.45) is 0 Å². The number of aromatic nitrogens is 2. The summed E-state index contributed by atoms with van der Waals surface area (Å²) in [5.74, 6) is 1.73. The van der Waals surface area contributed by atoms with Crippen LogP contribution in [0, 0.1) is 0 Å². The van der Waals surface area contributed by atoms with Crippen LogP contribution in [0.5, 0.6) is 0 Å². The molecule has 2 aromatic heterocycles. The van der Waals surface area contributed by atoms with Crippen molar-refractivity contribution >= 4 is 17.5 Å². The Morgan fingerprint density at radius 2 is 2.15 bits per heavy atom. The maximum atomic E-state index is 12.5. The Morgan fingerprint density at radius 1 is 1.30 bits per heavy atom. The minimum atomic E-state index is -0.203. The van der Waals surface area contributed by atoms with Crippen LogP contribution < -0.4 is 5.32 Å². The number of carbonyl (C=O) groups excluding carboxylic acids is 1. The van der Waals surface area contributed by atoms with Crippen molar-refractivity contribution in [3.8, 4) is 11.4 Å². The molecule has 8 heteroatoms. The lowest BCUT2D eigenvalue weighted by atomic mass is 10.2. The Kier molecular flexibility index (Phi) is 5.22. The van der Waals surface area contributed by atoms with E-state index in [0.717, 1.165) is 30.7 Å². The first-order valence-corrected chi connectivity index (χ1v) is 9.19. The zero-order valence-corrected chi connectivity index (χ0v) is 15.4. The number of likely N-dealkylation sites (tertiary alicyclic amines) is 1. The van der Waals surface area contributed by atoms with E-state index in [0.29, 0.717) is 29.8 Å². The Labute approximate surface area is 161 Å². The number of nitrogens with one attached hydrogen (secondary N) is 1. The normalized spacial score (nSPS) is 17.3. The summed E-state index contributed by atoms with van der Waals surface area (Å²) in [6.07, 6.45) is 3.36. The summed E-state index contributed by atoms with van der Waals surface area (Å²) in [5, 5.41) is 7.61. The quantitative estimate of drug-likeness (QED) is 0.700. The number of hydrogen-bond donors (Lipinski definition) is 1. The summed E-state index contributed by atoms with van der Waals surface area (Å²) in [6, 6.07) is 10.7. The second-order valence-corrected chi connectivity index (χ2v) is 6.88. The van der Waals surface area contributed by atoms with Crippen LogP contribution in [0.3, 0.4) is 0 Å². The van der Waals surface area contributed by atoms with Crippen LogP contribution in [0.25, 0.3) is 11.4 Å². The number of amides is 1. The molecule has 0 spiro atoms. The molecule has 1 unspecified atom stereocenters. The van der Waals surface area contributed by atoms with Crippen LogP contribution in [0.1, 0.15) is 24.5 Å². The van der Waals surface area contributed by atoms with Gasteiger partial charge in [-0.05, 0) is 55.8 Å². The van der Waals surface area contributed by atoms with Crippen molar-refractivity contribution in [2.45, 2.75) is 32.0 Å². The third kappa shape index (κ3) is 4.20. The number of furan rings is 1. The van der Waals surface area contributed by atoms with Gasteiger partial charge in [-0.3, -0.25) is 9.69 Å². The highest BCUT2D eigenvalue weighted by Gasteiger charge is 2.31. The van der Waals surface area contributed by atoms with Gasteiger partial charge in [-0.15, -0.1) is 0 Å². The maximum absolute atomic E-state index is 12.5. The predicted molar refractivity (Wildman–Crippen MR) is 98.7 cm³/mol. The van der Waals surface area contributed by atoms with Crippen LogP contribution >= 0.6 is 11.6 Å². The molecule has 1 amide bonds. The summed E-state index contributed by atoms with van der Waals surface area (Å²) >= 11 is 5.91. The highest BCUT2D eigenvalue weighted by Crippen LogP contribution is 2.22. The van der Waals surface area contributed by atoms with E-state index < -0.39 is 0 Å². The first kappa shape index (κ1) is 17.8. The standard InChI is InChI=1S/C19H19ClN4O3/c20-14-7-5-13(6-8-14)18-22-17(27-23-18)12-24-9-1-4-16(24)19(25)21-11-15-3-2-10-26-15/h2-3,5-8,10,16H,1,4,9,11-12H2,(H,21,25). The number of carbonyl (C=O) groups is 1. The SMILES string of the molecule is O=C(NCc1ccco1)C1CCCN1Cc1nc(-c2ccc(Cl)cc2)no1. The van der Waals surface area contributed by atoms with Gasteiger partial charge in [-0.1, -0.05) is 16.8 Å². The summed E-state index contributed by atoms with van der Waals surface area (Å²) in [5.41, 5.74) is 0.837. The van der Waals surface area contributed by atoms with Crippen LogP contribution in [-0.4, -0.2) is 33.5 Å². The van der Waals surface area contributed by atoms with Crippen molar-refractivity contribution in [3.63, 3.8) is 0 Å². The first-order valence-electron chi connectivity index (χ1n) is 8.82. The van der Waals surface area contributed by atoms with Gasteiger partial charge in [-0.2, -0.15) is 4.98 Å². The number of hydrogen-bond acceptors (Lipinski definition) is 6. The van der Waals surface area contributed by atoms with Crippen molar-refractivity contribution in [2.75, 3.05) is 6.54 Å². The van der Waals surface area contributed by atoms with Gasteiger partial charge in [0.25, 0.3) is 0 Å². The summed E-state index contributed by atoms with van der Waals surface area (Å²) in [7, 11) is 0. The van der Waals surface area contributed by atoms with Crippen molar-refractivity contribution < 1.29 is 13.7 Å². The molecule has 4 rings (SSSR count). The third-order valence-corrected chi connectivity index (χ3v) is 4.84. The summed E-state index contributed by atoms with van der Waals surface area (Å²) in [6.45, 7) is 1.65. The van der Waals surface area contributed by atoms with E-state index in [-0.39, 0.29) is 11.9 Å². The van der Waals surface area contributed by atoms with E-state index in [9.17, 15) is 4.79 Å². The van der Waals surface area contributed by atoms with Crippen molar-refractivity contribution in [1.29, 1.82) is 0 Å². The lowest BCUT2D eigenvalue weighted by molar-refractivity contribution is -0.126. The van der Waals surface area contributed by atoms with Crippen molar-refractivity contribution in [3.05, 3.63) is 59.3 Å². The topological polar surface area (TPSA) is 84.4 Å². The van der Waals surface area contributed by atoms with Gasteiger partial charge in [0.2, 0.25) is 17.6 Å². The molecule has 27 heavy (non-hydrogen) atoms. The monoisotopic (exact) mass is 386 g/mol. The molecule has 1 atom stereocenters. The van der Waals surface area contributed by atoms with Crippen LogP contribution in [-0.2, 0) is 17.9 Å². The van der Waals surface area contributed by atoms with Gasteiger partial charge in [-0.25, -0.2) is 0 Å². The molecule has 1 aromatic carbocycles. The van der Waals surface area contributed by atoms with Gasteiger partial charge in [0.05, 0.1) is 25.4 Å². The molecule has 0 saturated carbocycles. The highest BCUT2D eigenvalue weighted by molar-refractivity contribution is 6.30. The molecule has 3 heterocycles. The predicted octanol–water partition coefficient (Wildman–Crippen LogP) is 3.26. The molecule has 1 saturated heterocycles. The largest absolute Gasteiger partial charge is 0.467 e. The summed E-state index contributed by atoms with van der Waals surface area (Å²) in [4.78, 5) is 19.0. The smallest absolute Gasteiger partial charge is 0.241 e. The number of halogens is 1. The molecule has 1 fully saturated rings. The molecular formula is C19H19ClN4O3. The minimum Gasteiger partial charge on any atom is -0.467 e. The Hall–Kier alpha value is -2.64. The van der Waals surface area contributed by atoms with Crippen LogP contribution in [0.15, 0.2) is 51.6 Å². The fourth-order valence-electron chi connectivity index (χ4n) is 3.23. The lowest BCUT2D eigenvalue weighted by Crippen LogP contribution is -2.42. The van der Waals surface area contributed by atoms with Gasteiger partial charge in [0.15, 0.2) is 0 Å². The van der Waals surface area contributed by atoms with Gasteiger partial charge < -0.3 is 14.3 Å². The zero-order valence-electron chi connectivity index (χ0n) is 14.6. The van der Waals surface area contributed by atoms with Gasteiger partial charge >= 0.3 is 0 Å². The Morgan fingerprint density at radius 3 is 2.93 bits per heavy atom. The Balaban J connectivity index is 1.38. The van der Waals surface area contributed by atoms with Gasteiger partial charge in [0, 0.05) is 10.6 Å². The molecule has 0 radical (unpaired) electrons. The number of rotatable bonds is 6. The fraction of sp³-hybridized carbons (Fsp3) is 0.316.